The number of hydrogen-bond donors (Lipinski definition) is 2. The maximum atomic E-state index is 9.35. The van der Waals surface area contributed by atoms with Crippen molar-refractivity contribution in [1.82, 2.24) is 14.5 Å². The highest BCUT2D eigenvalue weighted by molar-refractivity contribution is 4.93. The van der Waals surface area contributed by atoms with E-state index in [2.05, 4.69) is 4.98 Å². The van der Waals surface area contributed by atoms with Gasteiger partial charge in [0.05, 0.1) is 18.8 Å². The first-order valence-corrected chi connectivity index (χ1v) is 4.71. The Balaban J connectivity index is 1.97. The van der Waals surface area contributed by atoms with E-state index >= 15 is 0 Å². The Bertz CT molecular complexity index is 303. The van der Waals surface area contributed by atoms with Crippen molar-refractivity contribution in [3.05, 3.63) is 18.2 Å². The van der Waals surface area contributed by atoms with E-state index in [4.69, 9.17) is 0 Å². The molecule has 0 amide bonds. The van der Waals surface area contributed by atoms with Gasteiger partial charge in [-0.2, -0.15) is 0 Å². The third-order valence-corrected chi connectivity index (χ3v) is 2.62. The molecule has 0 radical (unpaired) electrons. The average Bonchev–Trinajstić information content (AvgIpc) is 2.63. The first-order chi connectivity index (χ1) is 6.66. The molecule has 2 heterocycles. The predicted molar refractivity (Wildman–Crippen MR) is 50.5 cm³/mol. The molecular formula is C9H15N3O2. The van der Waals surface area contributed by atoms with Gasteiger partial charge in [-0.25, -0.2) is 4.98 Å². The van der Waals surface area contributed by atoms with E-state index in [1.165, 1.54) is 0 Å². The molecule has 1 aliphatic heterocycles. The Hall–Kier alpha value is -0.910. The number of likely N-dealkylation sites (tertiary alicyclic amines) is 1. The fourth-order valence-corrected chi connectivity index (χ4v) is 1.72. The van der Waals surface area contributed by atoms with Crippen molar-refractivity contribution < 1.29 is 10.2 Å². The first kappa shape index (κ1) is 9.64. The average molecular weight is 197 g/mol. The fourth-order valence-electron chi connectivity index (χ4n) is 1.72. The number of nitrogens with zero attached hydrogens (tertiary/aromatic N) is 3. The molecule has 78 valence electrons. The number of β-amino-alcohol motifs (C(OH)–C–C–N with tert-alkyl or cyclic N) is 2. The lowest BCUT2D eigenvalue weighted by Gasteiger charge is -2.13. The topological polar surface area (TPSA) is 61.5 Å². The van der Waals surface area contributed by atoms with E-state index in [9.17, 15) is 10.2 Å². The summed E-state index contributed by atoms with van der Waals surface area (Å²) in [6.45, 7) is 1.72. The summed E-state index contributed by atoms with van der Waals surface area (Å²) in [4.78, 5) is 6.19. The lowest BCUT2D eigenvalue weighted by atomic mass is 10.3. The zero-order chi connectivity index (χ0) is 10.1. The molecule has 2 rings (SSSR count). The van der Waals surface area contributed by atoms with Gasteiger partial charge in [-0.1, -0.05) is 0 Å². The van der Waals surface area contributed by atoms with Crippen molar-refractivity contribution in [2.45, 2.75) is 18.8 Å². The lowest BCUT2D eigenvalue weighted by molar-refractivity contribution is 0.0572. The van der Waals surface area contributed by atoms with Crippen LogP contribution in [0.15, 0.2) is 12.4 Å². The van der Waals surface area contributed by atoms with Gasteiger partial charge >= 0.3 is 0 Å². The quantitative estimate of drug-likeness (QED) is 0.635. The van der Waals surface area contributed by atoms with Crippen LogP contribution >= 0.6 is 0 Å². The molecule has 1 fully saturated rings. The molecular weight excluding hydrogens is 182 g/mol. The van der Waals surface area contributed by atoms with Gasteiger partial charge in [0.15, 0.2) is 0 Å². The summed E-state index contributed by atoms with van der Waals surface area (Å²) >= 11 is 0. The van der Waals surface area contributed by atoms with Crippen LogP contribution in [0.4, 0.5) is 0 Å². The Morgan fingerprint density at radius 1 is 1.43 bits per heavy atom. The molecule has 5 nitrogen and oxygen atoms in total. The summed E-state index contributed by atoms with van der Waals surface area (Å²) in [6.07, 6.45) is 2.40. The summed E-state index contributed by atoms with van der Waals surface area (Å²) in [6, 6.07) is 0. The van der Waals surface area contributed by atoms with E-state index in [1.807, 2.05) is 22.7 Å². The molecule has 0 bridgehead atoms. The minimum absolute atomic E-state index is 0.522. The molecule has 2 N–H and O–H groups in total. The van der Waals surface area contributed by atoms with Crippen LogP contribution in [-0.4, -0.2) is 50.0 Å². The number of aryl methyl sites for hydroxylation is 1. The molecule has 2 atom stereocenters. The Morgan fingerprint density at radius 2 is 2.07 bits per heavy atom. The Morgan fingerprint density at radius 3 is 2.57 bits per heavy atom. The molecule has 0 spiro atoms. The second kappa shape index (κ2) is 3.68. The van der Waals surface area contributed by atoms with Crippen LogP contribution < -0.4 is 0 Å². The third-order valence-electron chi connectivity index (χ3n) is 2.62. The molecule has 0 unspecified atom stereocenters. The standard InChI is InChI=1S/C9H15N3O2/c1-11-3-2-10-9(11)6-12-4-7(13)8(14)5-12/h2-3,7-8,13-14H,4-6H2,1H3/t7-,8+. The van der Waals surface area contributed by atoms with Crippen LogP contribution in [0.3, 0.4) is 0 Å². The number of hydrogen-bond acceptors (Lipinski definition) is 4. The number of aromatic nitrogens is 2. The van der Waals surface area contributed by atoms with Crippen molar-refractivity contribution in [2.24, 2.45) is 7.05 Å². The normalized spacial score (nSPS) is 28.5. The van der Waals surface area contributed by atoms with Crippen molar-refractivity contribution in [2.75, 3.05) is 13.1 Å². The largest absolute Gasteiger partial charge is 0.389 e. The SMILES string of the molecule is Cn1ccnc1CN1C[C@@H](O)[C@@H](O)C1. The van der Waals surface area contributed by atoms with E-state index in [0.29, 0.717) is 19.6 Å². The smallest absolute Gasteiger partial charge is 0.122 e. The van der Waals surface area contributed by atoms with E-state index in [-0.39, 0.29) is 0 Å². The second-order valence-electron chi connectivity index (χ2n) is 3.78. The fraction of sp³-hybridized carbons (Fsp3) is 0.667. The van der Waals surface area contributed by atoms with Gasteiger partial charge in [-0.15, -0.1) is 0 Å². The van der Waals surface area contributed by atoms with Crippen LogP contribution in [0.1, 0.15) is 5.82 Å². The number of imidazole rings is 1. The highest BCUT2D eigenvalue weighted by Crippen LogP contribution is 2.12. The molecule has 0 aliphatic carbocycles. The van der Waals surface area contributed by atoms with Crippen molar-refractivity contribution in [3.63, 3.8) is 0 Å². The third kappa shape index (κ3) is 1.79. The predicted octanol–water partition coefficient (Wildman–Crippen LogP) is -1.04. The molecule has 0 aromatic carbocycles. The summed E-state index contributed by atoms with van der Waals surface area (Å²) in [7, 11) is 1.94. The van der Waals surface area contributed by atoms with Crippen molar-refractivity contribution in [3.8, 4) is 0 Å². The minimum Gasteiger partial charge on any atom is -0.389 e. The molecule has 14 heavy (non-hydrogen) atoms. The van der Waals surface area contributed by atoms with Crippen LogP contribution in [0, 0.1) is 0 Å². The van der Waals surface area contributed by atoms with Crippen molar-refractivity contribution >= 4 is 0 Å². The van der Waals surface area contributed by atoms with Crippen LogP contribution in [0.25, 0.3) is 0 Å². The van der Waals surface area contributed by atoms with Crippen LogP contribution in [-0.2, 0) is 13.6 Å². The zero-order valence-electron chi connectivity index (χ0n) is 8.17. The second-order valence-corrected chi connectivity index (χ2v) is 3.78. The Labute approximate surface area is 82.6 Å². The summed E-state index contributed by atoms with van der Waals surface area (Å²) in [5, 5.41) is 18.7. The van der Waals surface area contributed by atoms with Gasteiger partial charge in [0.1, 0.15) is 5.82 Å². The molecule has 1 saturated heterocycles. The van der Waals surface area contributed by atoms with Gasteiger partial charge < -0.3 is 14.8 Å². The van der Waals surface area contributed by atoms with Crippen molar-refractivity contribution in [1.29, 1.82) is 0 Å². The van der Waals surface area contributed by atoms with Gasteiger partial charge in [0.2, 0.25) is 0 Å². The highest BCUT2D eigenvalue weighted by Gasteiger charge is 2.29. The van der Waals surface area contributed by atoms with E-state index in [1.54, 1.807) is 6.20 Å². The van der Waals surface area contributed by atoms with Gasteiger partial charge in [0, 0.05) is 32.5 Å². The highest BCUT2D eigenvalue weighted by atomic mass is 16.3. The van der Waals surface area contributed by atoms with Gasteiger partial charge in [-0.3, -0.25) is 4.90 Å². The van der Waals surface area contributed by atoms with E-state index in [0.717, 1.165) is 5.82 Å². The van der Waals surface area contributed by atoms with Crippen LogP contribution in [0.5, 0.6) is 0 Å². The Kier molecular flexibility index (Phi) is 2.54. The molecule has 1 aliphatic rings. The van der Waals surface area contributed by atoms with Crippen LogP contribution in [0.2, 0.25) is 0 Å². The summed E-state index contributed by atoms with van der Waals surface area (Å²) < 4.78 is 1.94. The molecule has 5 heteroatoms. The van der Waals surface area contributed by atoms with E-state index < -0.39 is 12.2 Å². The zero-order valence-corrected chi connectivity index (χ0v) is 8.17. The first-order valence-electron chi connectivity index (χ1n) is 4.71. The number of aliphatic hydroxyl groups excluding tert-OH is 2. The maximum absolute atomic E-state index is 9.35. The molecule has 1 aromatic rings. The summed E-state index contributed by atoms with van der Waals surface area (Å²) in [5.41, 5.74) is 0. The monoisotopic (exact) mass is 197 g/mol. The molecule has 0 saturated carbocycles. The van der Waals surface area contributed by atoms with Gasteiger partial charge in [-0.05, 0) is 0 Å². The maximum Gasteiger partial charge on any atom is 0.122 e. The van der Waals surface area contributed by atoms with Gasteiger partial charge in [0.25, 0.3) is 0 Å². The molecule has 1 aromatic heterocycles. The lowest BCUT2D eigenvalue weighted by Crippen LogP contribution is -2.23. The number of rotatable bonds is 2. The summed E-state index contributed by atoms with van der Waals surface area (Å²) in [5.74, 6) is 0.950. The minimum atomic E-state index is -0.615. The number of aliphatic hydroxyl groups is 2.